The van der Waals surface area contributed by atoms with Crippen molar-refractivity contribution in [3.05, 3.63) is 29.8 Å². The molecule has 0 bridgehead atoms. The third-order valence-electron chi connectivity index (χ3n) is 4.56. The van der Waals surface area contributed by atoms with Gasteiger partial charge < -0.3 is 15.7 Å². The first-order chi connectivity index (χ1) is 10.0. The van der Waals surface area contributed by atoms with Crippen LogP contribution in [0.15, 0.2) is 24.3 Å². The topological polar surface area (TPSA) is 78.4 Å². The minimum Gasteiger partial charge on any atom is -0.481 e. The van der Waals surface area contributed by atoms with E-state index in [2.05, 4.69) is 10.6 Å². The molecule has 1 aliphatic heterocycles. The van der Waals surface area contributed by atoms with Crippen LogP contribution >= 0.6 is 0 Å². The van der Waals surface area contributed by atoms with Gasteiger partial charge in [0.1, 0.15) is 0 Å². The van der Waals surface area contributed by atoms with Gasteiger partial charge in [-0.15, -0.1) is 0 Å². The molecule has 1 amide bonds. The van der Waals surface area contributed by atoms with Gasteiger partial charge in [-0.25, -0.2) is 0 Å². The number of amides is 1. The van der Waals surface area contributed by atoms with Crippen LogP contribution in [0.1, 0.15) is 38.2 Å². The number of benzene rings is 1. The Morgan fingerprint density at radius 2 is 2.00 bits per heavy atom. The second kappa shape index (κ2) is 6.16. The summed E-state index contributed by atoms with van der Waals surface area (Å²) < 4.78 is 0. The van der Waals surface area contributed by atoms with Gasteiger partial charge in [-0.1, -0.05) is 32.0 Å². The summed E-state index contributed by atoms with van der Waals surface area (Å²) in [7, 11) is 0. The molecule has 1 aromatic rings. The van der Waals surface area contributed by atoms with Crippen molar-refractivity contribution >= 4 is 17.6 Å². The normalized spacial score (nSPS) is 17.0. The molecule has 0 fully saturated rings. The van der Waals surface area contributed by atoms with Crippen molar-refractivity contribution in [3.8, 4) is 0 Å². The first-order valence-corrected chi connectivity index (χ1v) is 7.38. The average Bonchev–Trinajstić information content (AvgIpc) is 2.92. The van der Waals surface area contributed by atoms with Crippen LogP contribution in [0.25, 0.3) is 0 Å². The standard InChI is InChI=1S/C16H22N2O3/c1-3-16(4-2,15(20)21)10-18-14(19)12-9-17-13-8-6-5-7-11(12)13/h5-8,12,17H,3-4,9-10H2,1-2H3,(H,18,19)(H,20,21). The van der Waals surface area contributed by atoms with Crippen molar-refractivity contribution in [2.24, 2.45) is 5.41 Å². The Morgan fingerprint density at radius 3 is 2.62 bits per heavy atom. The number of carboxylic acid groups (broad SMARTS) is 1. The number of carboxylic acids is 1. The molecule has 0 saturated carbocycles. The average molecular weight is 290 g/mol. The van der Waals surface area contributed by atoms with Gasteiger partial charge >= 0.3 is 5.97 Å². The zero-order chi connectivity index (χ0) is 15.5. The predicted molar refractivity (Wildman–Crippen MR) is 81.3 cm³/mol. The van der Waals surface area contributed by atoms with Crippen molar-refractivity contribution in [2.45, 2.75) is 32.6 Å². The third-order valence-corrected chi connectivity index (χ3v) is 4.56. The van der Waals surface area contributed by atoms with Crippen molar-refractivity contribution in [1.29, 1.82) is 0 Å². The Bertz CT molecular complexity index is 538. The van der Waals surface area contributed by atoms with Crippen LogP contribution in [-0.4, -0.2) is 30.1 Å². The second-order valence-electron chi connectivity index (χ2n) is 5.53. The highest BCUT2D eigenvalue weighted by molar-refractivity contribution is 5.88. The minimum absolute atomic E-state index is 0.111. The highest BCUT2D eigenvalue weighted by Gasteiger charge is 2.36. The lowest BCUT2D eigenvalue weighted by atomic mass is 9.82. The van der Waals surface area contributed by atoms with E-state index in [4.69, 9.17) is 0 Å². The molecular formula is C16H22N2O3. The van der Waals surface area contributed by atoms with Crippen LogP contribution in [0.4, 0.5) is 5.69 Å². The summed E-state index contributed by atoms with van der Waals surface area (Å²) in [4.78, 5) is 23.8. The van der Waals surface area contributed by atoms with Crippen LogP contribution in [0.3, 0.4) is 0 Å². The summed E-state index contributed by atoms with van der Waals surface area (Å²) in [6.45, 7) is 4.42. The molecule has 1 aromatic carbocycles. The number of carbonyl (C=O) groups is 2. The number of fused-ring (bicyclic) bond motifs is 1. The monoisotopic (exact) mass is 290 g/mol. The summed E-state index contributed by atoms with van der Waals surface area (Å²) in [5.74, 6) is -1.21. The van der Waals surface area contributed by atoms with E-state index in [9.17, 15) is 14.7 Å². The van der Waals surface area contributed by atoms with E-state index < -0.39 is 11.4 Å². The molecule has 0 saturated heterocycles. The fraction of sp³-hybridized carbons (Fsp3) is 0.500. The van der Waals surface area contributed by atoms with Crippen molar-refractivity contribution in [2.75, 3.05) is 18.4 Å². The first-order valence-electron chi connectivity index (χ1n) is 7.38. The van der Waals surface area contributed by atoms with Crippen LogP contribution in [-0.2, 0) is 9.59 Å². The highest BCUT2D eigenvalue weighted by Crippen LogP contribution is 2.31. The summed E-state index contributed by atoms with van der Waals surface area (Å²) in [6, 6.07) is 7.72. The van der Waals surface area contributed by atoms with Gasteiger partial charge in [0.05, 0.1) is 11.3 Å². The van der Waals surface area contributed by atoms with Crippen LogP contribution in [0.2, 0.25) is 0 Å². The Hall–Kier alpha value is -2.04. The van der Waals surface area contributed by atoms with E-state index in [0.717, 1.165) is 11.3 Å². The van der Waals surface area contributed by atoms with E-state index in [1.54, 1.807) is 0 Å². The SMILES string of the molecule is CCC(CC)(CNC(=O)C1CNc2ccccc21)C(=O)O. The fourth-order valence-electron chi connectivity index (χ4n) is 2.78. The van der Waals surface area contributed by atoms with Crippen LogP contribution in [0, 0.1) is 5.41 Å². The molecular weight excluding hydrogens is 268 g/mol. The van der Waals surface area contributed by atoms with Gasteiger partial charge in [-0.05, 0) is 24.5 Å². The molecule has 21 heavy (non-hydrogen) atoms. The largest absolute Gasteiger partial charge is 0.481 e. The number of nitrogens with one attached hydrogen (secondary N) is 2. The maximum Gasteiger partial charge on any atom is 0.311 e. The molecule has 0 aromatic heterocycles. The number of hydrogen-bond acceptors (Lipinski definition) is 3. The van der Waals surface area contributed by atoms with Gasteiger partial charge in [0.15, 0.2) is 0 Å². The lowest BCUT2D eigenvalue weighted by molar-refractivity contribution is -0.149. The zero-order valence-corrected chi connectivity index (χ0v) is 12.5. The molecule has 1 unspecified atom stereocenters. The maximum atomic E-state index is 12.4. The molecule has 114 valence electrons. The Balaban J connectivity index is 2.05. The maximum absolute atomic E-state index is 12.4. The van der Waals surface area contributed by atoms with Crippen molar-refractivity contribution in [3.63, 3.8) is 0 Å². The Morgan fingerprint density at radius 1 is 1.33 bits per heavy atom. The van der Waals surface area contributed by atoms with E-state index in [-0.39, 0.29) is 18.4 Å². The highest BCUT2D eigenvalue weighted by atomic mass is 16.4. The summed E-state index contributed by atoms with van der Waals surface area (Å²) in [6.07, 6.45) is 0.997. The molecule has 1 heterocycles. The van der Waals surface area contributed by atoms with Gasteiger partial charge in [0, 0.05) is 18.8 Å². The molecule has 3 N–H and O–H groups in total. The molecule has 1 aliphatic rings. The molecule has 5 heteroatoms. The zero-order valence-electron chi connectivity index (χ0n) is 12.5. The quantitative estimate of drug-likeness (QED) is 0.750. The number of hydrogen-bond donors (Lipinski definition) is 3. The molecule has 2 rings (SSSR count). The van der Waals surface area contributed by atoms with Gasteiger partial charge in [-0.2, -0.15) is 0 Å². The lowest BCUT2D eigenvalue weighted by Crippen LogP contribution is -2.44. The Labute approximate surface area is 124 Å². The van der Waals surface area contributed by atoms with E-state index in [1.165, 1.54) is 0 Å². The predicted octanol–water partition coefficient (Wildman–Crippen LogP) is 2.20. The van der Waals surface area contributed by atoms with E-state index in [0.29, 0.717) is 19.4 Å². The van der Waals surface area contributed by atoms with Crippen LogP contribution < -0.4 is 10.6 Å². The van der Waals surface area contributed by atoms with Gasteiger partial charge in [0.2, 0.25) is 5.91 Å². The lowest BCUT2D eigenvalue weighted by Gasteiger charge is -2.27. The van der Waals surface area contributed by atoms with E-state index >= 15 is 0 Å². The molecule has 0 radical (unpaired) electrons. The minimum atomic E-state index is -0.874. The molecule has 0 aliphatic carbocycles. The summed E-state index contributed by atoms with van der Waals surface area (Å²) >= 11 is 0. The Kier molecular flexibility index (Phi) is 4.50. The summed E-state index contributed by atoms with van der Waals surface area (Å²) in [5, 5.41) is 15.4. The number of rotatable bonds is 6. The first kappa shape index (κ1) is 15.4. The van der Waals surface area contributed by atoms with E-state index in [1.807, 2.05) is 38.1 Å². The number of aliphatic carboxylic acids is 1. The number of carbonyl (C=O) groups excluding carboxylic acids is 1. The molecule has 5 nitrogen and oxygen atoms in total. The second-order valence-corrected chi connectivity index (χ2v) is 5.53. The van der Waals surface area contributed by atoms with Crippen molar-refractivity contribution in [1.82, 2.24) is 5.32 Å². The van der Waals surface area contributed by atoms with Gasteiger partial charge in [0.25, 0.3) is 0 Å². The number of anilines is 1. The van der Waals surface area contributed by atoms with Crippen molar-refractivity contribution < 1.29 is 14.7 Å². The smallest absolute Gasteiger partial charge is 0.311 e. The summed E-state index contributed by atoms with van der Waals surface area (Å²) in [5.41, 5.74) is 1.08. The molecule has 1 atom stereocenters. The fourth-order valence-corrected chi connectivity index (χ4v) is 2.78. The van der Waals surface area contributed by atoms with Gasteiger partial charge in [-0.3, -0.25) is 9.59 Å². The third kappa shape index (κ3) is 2.86. The number of para-hydroxylation sites is 1. The van der Waals surface area contributed by atoms with Crippen LogP contribution in [0.5, 0.6) is 0 Å². The molecule has 0 spiro atoms.